The van der Waals surface area contributed by atoms with E-state index in [0.717, 1.165) is 29.7 Å². The van der Waals surface area contributed by atoms with E-state index in [0.29, 0.717) is 24.9 Å². The molecular weight excluding hydrogens is 372 g/mol. The first-order valence-electron chi connectivity index (χ1n) is 8.25. The summed E-state index contributed by atoms with van der Waals surface area (Å²) in [6.45, 7) is 0.617. The van der Waals surface area contributed by atoms with Crippen LogP contribution in [0.4, 0.5) is 5.69 Å². The van der Waals surface area contributed by atoms with Crippen molar-refractivity contribution in [3.05, 3.63) is 59.2 Å². The van der Waals surface area contributed by atoms with Gasteiger partial charge in [0.2, 0.25) is 5.91 Å². The van der Waals surface area contributed by atoms with Crippen LogP contribution in [0.3, 0.4) is 0 Å². The number of nitriles is 1. The molecule has 0 N–H and O–H groups in total. The summed E-state index contributed by atoms with van der Waals surface area (Å²) in [6, 6.07) is 13.9. The molecular formula is C19H17ClN2O3S. The van der Waals surface area contributed by atoms with Crippen LogP contribution >= 0.6 is 10.7 Å². The van der Waals surface area contributed by atoms with Crippen molar-refractivity contribution >= 4 is 31.3 Å². The van der Waals surface area contributed by atoms with Gasteiger partial charge in [-0.25, -0.2) is 8.42 Å². The Balaban J connectivity index is 1.74. The molecule has 5 nitrogen and oxygen atoms in total. The number of hydrogen-bond acceptors (Lipinski definition) is 4. The number of fused-ring (bicyclic) bond motifs is 1. The maximum atomic E-state index is 12.7. The molecule has 1 amide bonds. The lowest BCUT2D eigenvalue weighted by atomic mass is 10.0. The second-order valence-electron chi connectivity index (χ2n) is 6.19. The second-order valence-corrected chi connectivity index (χ2v) is 8.75. The van der Waals surface area contributed by atoms with E-state index < -0.39 is 9.05 Å². The zero-order valence-electron chi connectivity index (χ0n) is 14.0. The number of rotatable bonds is 4. The van der Waals surface area contributed by atoms with Gasteiger partial charge in [0.05, 0.1) is 16.5 Å². The van der Waals surface area contributed by atoms with Gasteiger partial charge in [0, 0.05) is 29.3 Å². The number of aryl methyl sites for hydroxylation is 2. The van der Waals surface area contributed by atoms with Gasteiger partial charge in [-0.3, -0.25) is 4.79 Å². The summed E-state index contributed by atoms with van der Waals surface area (Å²) in [4.78, 5) is 14.4. The first-order valence-corrected chi connectivity index (χ1v) is 10.6. The molecule has 0 saturated heterocycles. The van der Waals surface area contributed by atoms with Crippen molar-refractivity contribution in [2.75, 3.05) is 11.4 Å². The zero-order chi connectivity index (χ0) is 18.7. The smallest absolute Gasteiger partial charge is 0.261 e. The normalized spacial score (nSPS) is 13.8. The summed E-state index contributed by atoms with van der Waals surface area (Å²) >= 11 is 0. The SMILES string of the molecule is N#Cc1ccc(CCC(=O)N2CCCc3cc(S(=O)(=O)Cl)ccc32)cc1. The van der Waals surface area contributed by atoms with Crippen LogP contribution in [0.5, 0.6) is 0 Å². The third-order valence-corrected chi connectivity index (χ3v) is 5.81. The number of halogens is 1. The highest BCUT2D eigenvalue weighted by atomic mass is 35.7. The van der Waals surface area contributed by atoms with Crippen LogP contribution < -0.4 is 4.90 Å². The predicted molar refractivity (Wildman–Crippen MR) is 99.6 cm³/mol. The first kappa shape index (κ1) is 18.4. The molecule has 26 heavy (non-hydrogen) atoms. The lowest BCUT2D eigenvalue weighted by Gasteiger charge is -2.30. The van der Waals surface area contributed by atoms with Crippen LogP contribution in [0.25, 0.3) is 0 Å². The van der Waals surface area contributed by atoms with E-state index in [9.17, 15) is 13.2 Å². The third-order valence-electron chi connectivity index (χ3n) is 4.46. The van der Waals surface area contributed by atoms with Gasteiger partial charge in [-0.2, -0.15) is 5.26 Å². The minimum atomic E-state index is -3.78. The molecule has 2 aromatic rings. The average Bonchev–Trinajstić information content (AvgIpc) is 2.64. The Morgan fingerprint density at radius 2 is 1.92 bits per heavy atom. The molecule has 0 fully saturated rings. The van der Waals surface area contributed by atoms with Crippen molar-refractivity contribution in [1.82, 2.24) is 0 Å². The molecule has 0 bridgehead atoms. The van der Waals surface area contributed by atoms with Crippen molar-refractivity contribution in [3.63, 3.8) is 0 Å². The number of carbonyl (C=O) groups excluding carboxylic acids is 1. The highest BCUT2D eigenvalue weighted by Crippen LogP contribution is 2.31. The van der Waals surface area contributed by atoms with Crippen molar-refractivity contribution in [3.8, 4) is 6.07 Å². The molecule has 0 atom stereocenters. The molecule has 0 aromatic heterocycles. The van der Waals surface area contributed by atoms with E-state index in [1.165, 1.54) is 6.07 Å². The Bertz CT molecular complexity index is 979. The summed E-state index contributed by atoms with van der Waals surface area (Å²) in [5.41, 5.74) is 3.17. The van der Waals surface area contributed by atoms with Gasteiger partial charge in [-0.15, -0.1) is 0 Å². The quantitative estimate of drug-likeness (QED) is 0.752. The Kier molecular flexibility index (Phi) is 5.30. The van der Waals surface area contributed by atoms with Gasteiger partial charge in [-0.05, 0) is 60.7 Å². The number of hydrogen-bond donors (Lipinski definition) is 0. The van der Waals surface area contributed by atoms with E-state index in [1.807, 2.05) is 12.1 Å². The number of carbonyl (C=O) groups is 1. The van der Waals surface area contributed by atoms with Crippen LogP contribution in [0, 0.1) is 11.3 Å². The van der Waals surface area contributed by atoms with Gasteiger partial charge >= 0.3 is 0 Å². The first-order chi connectivity index (χ1) is 12.4. The fourth-order valence-corrected chi connectivity index (χ4v) is 3.92. The molecule has 134 valence electrons. The van der Waals surface area contributed by atoms with Gasteiger partial charge in [-0.1, -0.05) is 12.1 Å². The Morgan fingerprint density at radius 1 is 1.19 bits per heavy atom. The monoisotopic (exact) mass is 388 g/mol. The van der Waals surface area contributed by atoms with Crippen molar-refractivity contribution < 1.29 is 13.2 Å². The lowest BCUT2D eigenvalue weighted by Crippen LogP contribution is -2.35. The van der Waals surface area contributed by atoms with E-state index in [1.54, 1.807) is 29.2 Å². The molecule has 0 aliphatic carbocycles. The lowest BCUT2D eigenvalue weighted by molar-refractivity contribution is -0.118. The Hall–Kier alpha value is -2.36. The molecule has 0 radical (unpaired) electrons. The third kappa shape index (κ3) is 4.06. The predicted octanol–water partition coefficient (Wildman–Crippen LogP) is 3.40. The van der Waals surface area contributed by atoms with Crippen LogP contribution in [-0.2, 0) is 26.7 Å². The van der Waals surface area contributed by atoms with Crippen LogP contribution in [0.1, 0.15) is 29.5 Å². The summed E-state index contributed by atoms with van der Waals surface area (Å²) in [6.07, 6.45) is 2.43. The highest BCUT2D eigenvalue weighted by Gasteiger charge is 2.24. The highest BCUT2D eigenvalue weighted by molar-refractivity contribution is 8.13. The van der Waals surface area contributed by atoms with E-state index in [-0.39, 0.29) is 10.8 Å². The average molecular weight is 389 g/mol. The number of nitrogens with zero attached hydrogens (tertiary/aromatic N) is 2. The van der Waals surface area contributed by atoms with Gasteiger partial charge in [0.15, 0.2) is 0 Å². The topological polar surface area (TPSA) is 78.2 Å². The summed E-state index contributed by atoms with van der Waals surface area (Å²) < 4.78 is 23.0. The molecule has 2 aromatic carbocycles. The maximum absolute atomic E-state index is 12.7. The van der Waals surface area contributed by atoms with Gasteiger partial charge in [0.1, 0.15) is 0 Å². The van der Waals surface area contributed by atoms with Crippen molar-refractivity contribution in [1.29, 1.82) is 5.26 Å². The molecule has 0 spiro atoms. The Morgan fingerprint density at radius 3 is 2.58 bits per heavy atom. The summed E-state index contributed by atoms with van der Waals surface area (Å²) in [5, 5.41) is 8.82. The summed E-state index contributed by atoms with van der Waals surface area (Å²) in [5.74, 6) is -0.00297. The molecule has 3 rings (SSSR count). The fraction of sp³-hybridized carbons (Fsp3) is 0.263. The number of amides is 1. The van der Waals surface area contributed by atoms with Crippen LogP contribution in [-0.4, -0.2) is 20.9 Å². The molecule has 1 aliphatic heterocycles. The molecule has 7 heteroatoms. The van der Waals surface area contributed by atoms with E-state index in [4.69, 9.17) is 15.9 Å². The zero-order valence-corrected chi connectivity index (χ0v) is 15.6. The van der Waals surface area contributed by atoms with Crippen LogP contribution in [0.2, 0.25) is 0 Å². The van der Waals surface area contributed by atoms with E-state index in [2.05, 4.69) is 6.07 Å². The van der Waals surface area contributed by atoms with Crippen molar-refractivity contribution in [2.45, 2.75) is 30.6 Å². The summed E-state index contributed by atoms with van der Waals surface area (Å²) in [7, 11) is 1.63. The molecule has 0 unspecified atom stereocenters. The number of anilines is 1. The van der Waals surface area contributed by atoms with Crippen molar-refractivity contribution in [2.24, 2.45) is 0 Å². The molecule has 1 aliphatic rings. The largest absolute Gasteiger partial charge is 0.312 e. The van der Waals surface area contributed by atoms with Gasteiger partial charge < -0.3 is 4.90 Å². The van der Waals surface area contributed by atoms with Gasteiger partial charge in [0.25, 0.3) is 9.05 Å². The number of benzene rings is 2. The van der Waals surface area contributed by atoms with Crippen LogP contribution in [0.15, 0.2) is 47.4 Å². The molecule has 1 heterocycles. The minimum absolute atomic E-state index is 0.00297. The Labute approximate surface area is 157 Å². The van der Waals surface area contributed by atoms with E-state index >= 15 is 0 Å². The fourth-order valence-electron chi connectivity index (χ4n) is 3.12. The minimum Gasteiger partial charge on any atom is -0.312 e. The standard InChI is InChI=1S/C19H17ClN2O3S/c20-26(24,25)17-8-9-18-16(12-17)2-1-11-22(18)19(23)10-7-14-3-5-15(13-21)6-4-14/h3-6,8-9,12H,1-2,7,10-11H2. The second kappa shape index (κ2) is 7.48. The maximum Gasteiger partial charge on any atom is 0.261 e. The molecule has 0 saturated carbocycles.